The molecule has 0 amide bonds. The van der Waals surface area contributed by atoms with Crippen molar-refractivity contribution in [2.75, 3.05) is 0 Å². The van der Waals surface area contributed by atoms with E-state index in [9.17, 15) is 9.59 Å². The molecule has 4 nitrogen and oxygen atoms in total. The average molecular weight is 242 g/mol. The summed E-state index contributed by atoms with van der Waals surface area (Å²) in [6.07, 6.45) is 1.55. The van der Waals surface area contributed by atoms with Gasteiger partial charge in [-0.3, -0.25) is 14.3 Å². The van der Waals surface area contributed by atoms with E-state index in [1.165, 1.54) is 0 Å². The Labute approximate surface area is 105 Å². The molecular formula is C14H14N2O2. The third-order valence-corrected chi connectivity index (χ3v) is 2.77. The summed E-state index contributed by atoms with van der Waals surface area (Å²) < 4.78 is 1.55. The van der Waals surface area contributed by atoms with Gasteiger partial charge in [0.15, 0.2) is 11.6 Å². The second-order valence-electron chi connectivity index (χ2n) is 4.21. The van der Waals surface area contributed by atoms with Crippen LogP contribution in [-0.2, 0) is 7.05 Å². The third-order valence-electron chi connectivity index (χ3n) is 2.77. The molecule has 0 bridgehead atoms. The fraction of sp³-hybridized carbons (Fsp3) is 0.214. The molecule has 92 valence electrons. The fourth-order valence-electron chi connectivity index (χ4n) is 1.78. The number of nitrogens with zero attached hydrogens (tertiary/aromatic N) is 2. The van der Waals surface area contributed by atoms with Gasteiger partial charge in [0.25, 0.3) is 0 Å². The Morgan fingerprint density at radius 2 is 1.89 bits per heavy atom. The molecule has 4 heteroatoms. The van der Waals surface area contributed by atoms with Crippen molar-refractivity contribution in [1.82, 2.24) is 9.78 Å². The van der Waals surface area contributed by atoms with Gasteiger partial charge in [0.1, 0.15) is 5.69 Å². The molecule has 1 aromatic heterocycles. The molecule has 2 rings (SSSR count). The lowest BCUT2D eigenvalue weighted by Gasteiger charge is -2.02. The van der Waals surface area contributed by atoms with Gasteiger partial charge in [-0.2, -0.15) is 5.10 Å². The minimum atomic E-state index is -0.246. The zero-order valence-electron chi connectivity index (χ0n) is 10.4. The molecule has 1 aromatic carbocycles. The van der Waals surface area contributed by atoms with E-state index in [4.69, 9.17) is 0 Å². The summed E-state index contributed by atoms with van der Waals surface area (Å²) in [4.78, 5) is 23.9. The number of benzene rings is 1. The van der Waals surface area contributed by atoms with Crippen molar-refractivity contribution in [3.05, 3.63) is 53.3 Å². The van der Waals surface area contributed by atoms with E-state index in [0.717, 1.165) is 5.56 Å². The lowest BCUT2D eigenvalue weighted by Crippen LogP contribution is -2.10. The number of aromatic nitrogens is 2. The summed E-state index contributed by atoms with van der Waals surface area (Å²) in [5.41, 5.74) is 1.82. The van der Waals surface area contributed by atoms with Crippen molar-refractivity contribution in [2.24, 2.45) is 7.05 Å². The smallest absolute Gasteiger partial charge is 0.190 e. The molecule has 0 saturated carbocycles. The number of carbonyl (C=O) groups is 2. The molecular weight excluding hydrogens is 228 g/mol. The van der Waals surface area contributed by atoms with Gasteiger partial charge in [0.2, 0.25) is 0 Å². The molecule has 0 N–H and O–H groups in total. The molecule has 0 fully saturated rings. The topological polar surface area (TPSA) is 52.0 Å². The zero-order valence-corrected chi connectivity index (χ0v) is 10.4. The van der Waals surface area contributed by atoms with Crippen molar-refractivity contribution in [3.8, 4) is 0 Å². The Morgan fingerprint density at radius 3 is 2.50 bits per heavy atom. The van der Waals surface area contributed by atoms with Gasteiger partial charge >= 0.3 is 0 Å². The number of Topliss-reactive ketones (excluding diaryl/α,β-unsaturated/α-hetero) is 2. The van der Waals surface area contributed by atoms with Gasteiger partial charge < -0.3 is 0 Å². The Hall–Kier alpha value is -2.23. The first-order valence-electron chi connectivity index (χ1n) is 5.69. The first kappa shape index (κ1) is 12.2. The van der Waals surface area contributed by atoms with Crippen LogP contribution in [0.2, 0.25) is 0 Å². The van der Waals surface area contributed by atoms with E-state index < -0.39 is 0 Å². The van der Waals surface area contributed by atoms with Crippen molar-refractivity contribution in [3.63, 3.8) is 0 Å². The van der Waals surface area contributed by atoms with E-state index in [-0.39, 0.29) is 18.0 Å². The number of rotatable bonds is 4. The summed E-state index contributed by atoms with van der Waals surface area (Å²) in [7, 11) is 1.74. The first-order valence-corrected chi connectivity index (χ1v) is 5.69. The van der Waals surface area contributed by atoms with Crippen LogP contribution in [0.25, 0.3) is 0 Å². The summed E-state index contributed by atoms with van der Waals surface area (Å²) >= 11 is 0. The monoisotopic (exact) mass is 242 g/mol. The summed E-state index contributed by atoms with van der Waals surface area (Å²) in [6, 6.07) is 8.88. The summed E-state index contributed by atoms with van der Waals surface area (Å²) in [5.74, 6) is -0.410. The van der Waals surface area contributed by atoms with Gasteiger partial charge in [0, 0.05) is 18.8 Å². The molecule has 0 saturated heterocycles. The summed E-state index contributed by atoms with van der Waals surface area (Å²) in [5, 5.41) is 3.99. The Kier molecular flexibility index (Phi) is 3.37. The van der Waals surface area contributed by atoms with Gasteiger partial charge in [-0.05, 0) is 18.6 Å². The van der Waals surface area contributed by atoms with Crippen molar-refractivity contribution < 1.29 is 9.59 Å². The Balaban J connectivity index is 2.13. The second kappa shape index (κ2) is 4.96. The molecule has 0 unspecified atom stereocenters. The molecule has 0 aliphatic carbocycles. The second-order valence-corrected chi connectivity index (χ2v) is 4.21. The molecule has 0 spiro atoms. The molecule has 0 radical (unpaired) electrons. The van der Waals surface area contributed by atoms with Crippen molar-refractivity contribution >= 4 is 11.6 Å². The van der Waals surface area contributed by atoms with Gasteiger partial charge in [0.05, 0.1) is 6.42 Å². The standard InChI is InChI=1S/C14H14N2O2/c1-10-5-3-4-6-11(10)13(17)9-14(18)12-7-8-16(2)15-12/h3-8H,9H2,1-2H3. The number of carbonyl (C=O) groups excluding carboxylic acids is 2. The SMILES string of the molecule is Cc1ccccc1C(=O)CC(=O)c1ccn(C)n1. The van der Waals surface area contributed by atoms with Crippen LogP contribution >= 0.6 is 0 Å². The van der Waals surface area contributed by atoms with Crippen LogP contribution < -0.4 is 0 Å². The zero-order chi connectivity index (χ0) is 13.1. The minimum Gasteiger partial charge on any atom is -0.294 e. The van der Waals surface area contributed by atoms with Gasteiger partial charge in [-0.1, -0.05) is 24.3 Å². The van der Waals surface area contributed by atoms with Crippen molar-refractivity contribution in [1.29, 1.82) is 0 Å². The molecule has 1 heterocycles. The average Bonchev–Trinajstić information content (AvgIpc) is 2.76. The lowest BCUT2D eigenvalue weighted by molar-refractivity contribution is 0.0891. The highest BCUT2D eigenvalue weighted by atomic mass is 16.1. The van der Waals surface area contributed by atoms with E-state index in [0.29, 0.717) is 11.3 Å². The lowest BCUT2D eigenvalue weighted by atomic mass is 10.0. The van der Waals surface area contributed by atoms with Gasteiger partial charge in [-0.15, -0.1) is 0 Å². The number of hydrogen-bond acceptors (Lipinski definition) is 3. The van der Waals surface area contributed by atoms with Crippen molar-refractivity contribution in [2.45, 2.75) is 13.3 Å². The van der Waals surface area contributed by atoms with Crippen LogP contribution in [0.4, 0.5) is 0 Å². The van der Waals surface area contributed by atoms with Gasteiger partial charge in [-0.25, -0.2) is 0 Å². The Bertz CT molecular complexity index is 599. The highest BCUT2D eigenvalue weighted by Crippen LogP contribution is 2.11. The van der Waals surface area contributed by atoms with E-state index in [2.05, 4.69) is 5.10 Å². The van der Waals surface area contributed by atoms with E-state index in [1.807, 2.05) is 19.1 Å². The predicted molar refractivity (Wildman–Crippen MR) is 67.7 cm³/mol. The quantitative estimate of drug-likeness (QED) is 0.610. The predicted octanol–water partition coefficient (Wildman–Crippen LogP) is 2.18. The van der Waals surface area contributed by atoms with Crippen LogP contribution in [-0.4, -0.2) is 21.3 Å². The van der Waals surface area contributed by atoms with Crippen LogP contribution in [0.5, 0.6) is 0 Å². The van der Waals surface area contributed by atoms with E-state index in [1.54, 1.807) is 36.1 Å². The maximum Gasteiger partial charge on any atom is 0.190 e. The summed E-state index contributed by atoms with van der Waals surface area (Å²) in [6.45, 7) is 1.86. The Morgan fingerprint density at radius 1 is 1.17 bits per heavy atom. The normalized spacial score (nSPS) is 10.3. The number of ketones is 2. The number of hydrogen-bond donors (Lipinski definition) is 0. The molecule has 2 aromatic rings. The maximum absolute atomic E-state index is 12.0. The van der Waals surface area contributed by atoms with Crippen LogP contribution in [0.3, 0.4) is 0 Å². The fourth-order valence-corrected chi connectivity index (χ4v) is 1.78. The number of aryl methyl sites for hydroxylation is 2. The molecule has 0 aliphatic rings. The first-order chi connectivity index (χ1) is 8.58. The molecule has 18 heavy (non-hydrogen) atoms. The largest absolute Gasteiger partial charge is 0.294 e. The van der Waals surface area contributed by atoms with E-state index >= 15 is 0 Å². The van der Waals surface area contributed by atoms with Crippen LogP contribution in [0.1, 0.15) is 32.8 Å². The third kappa shape index (κ3) is 2.53. The van der Waals surface area contributed by atoms with Crippen LogP contribution in [0.15, 0.2) is 36.5 Å². The molecule has 0 atom stereocenters. The van der Waals surface area contributed by atoms with Crippen LogP contribution in [0, 0.1) is 6.92 Å². The minimum absolute atomic E-state index is 0.137. The highest BCUT2D eigenvalue weighted by Gasteiger charge is 2.16. The molecule has 0 aliphatic heterocycles. The maximum atomic E-state index is 12.0. The highest BCUT2D eigenvalue weighted by molar-refractivity contribution is 6.13.